The third-order valence-corrected chi connectivity index (χ3v) is 5.07. The zero-order valence-corrected chi connectivity index (χ0v) is 18.4. The fourth-order valence-electron chi connectivity index (χ4n) is 3.45. The fourth-order valence-corrected chi connectivity index (χ4v) is 3.45. The highest BCUT2D eigenvalue weighted by Crippen LogP contribution is 2.30. The maximum atomic E-state index is 13.4. The first kappa shape index (κ1) is 21.8. The van der Waals surface area contributed by atoms with Crippen LogP contribution in [0, 0.1) is 0 Å². The number of aromatic carboxylic acids is 1. The highest BCUT2D eigenvalue weighted by molar-refractivity contribution is 6.38. The van der Waals surface area contributed by atoms with Crippen molar-refractivity contribution < 1.29 is 19.1 Å². The van der Waals surface area contributed by atoms with E-state index >= 15 is 0 Å². The van der Waals surface area contributed by atoms with E-state index in [0.717, 1.165) is 11.1 Å². The molecule has 1 aliphatic heterocycles. The highest BCUT2D eigenvalue weighted by Gasteiger charge is 2.32. The molecule has 0 radical (unpaired) electrons. The number of hydrogen-bond donors (Lipinski definition) is 1. The lowest BCUT2D eigenvalue weighted by atomic mass is 10.0. The molecule has 0 fully saturated rings. The molecule has 4 rings (SSSR count). The second-order valence-corrected chi connectivity index (χ2v) is 7.32. The Kier molecular flexibility index (Phi) is 5.91. The lowest BCUT2D eigenvalue weighted by Crippen LogP contribution is -2.21. The Morgan fingerprint density at radius 3 is 2.48 bits per heavy atom. The number of carboxylic acids is 1. The molecule has 33 heavy (non-hydrogen) atoms. The van der Waals surface area contributed by atoms with Gasteiger partial charge in [0.05, 0.1) is 28.6 Å². The molecule has 0 bridgehead atoms. The van der Waals surface area contributed by atoms with Crippen molar-refractivity contribution >= 4 is 29.4 Å². The zero-order chi connectivity index (χ0) is 23.5. The zero-order valence-electron chi connectivity index (χ0n) is 18.4. The predicted octanol–water partition coefficient (Wildman–Crippen LogP) is 4.69. The summed E-state index contributed by atoms with van der Waals surface area (Å²) >= 11 is 0. The van der Waals surface area contributed by atoms with Gasteiger partial charge in [-0.15, -0.1) is 0 Å². The van der Waals surface area contributed by atoms with E-state index in [9.17, 15) is 9.59 Å². The molecule has 0 spiro atoms. The first-order valence-corrected chi connectivity index (χ1v) is 10.3. The van der Waals surface area contributed by atoms with Crippen LogP contribution in [0.1, 0.15) is 30.0 Å². The van der Waals surface area contributed by atoms with Crippen LogP contribution in [-0.4, -0.2) is 32.5 Å². The SMILES string of the molecule is C/C=C\C(=C/C)C1=NN(c2ccc(C(=O)O)cc2)C(=O)/C1=C\c1ccc(-c2cnn(C)c2)o1. The van der Waals surface area contributed by atoms with Gasteiger partial charge in [-0.3, -0.25) is 9.48 Å². The molecule has 0 unspecified atom stereocenters. The Balaban J connectivity index is 1.74. The summed E-state index contributed by atoms with van der Waals surface area (Å²) in [7, 11) is 1.83. The van der Waals surface area contributed by atoms with Crippen LogP contribution in [0.15, 0.2) is 87.7 Å². The molecule has 1 aliphatic rings. The molecule has 0 atom stereocenters. The number of carbonyl (C=O) groups is 2. The Hall–Kier alpha value is -4.46. The highest BCUT2D eigenvalue weighted by atomic mass is 16.4. The number of rotatable bonds is 6. The molecule has 1 N–H and O–H groups in total. The molecule has 0 saturated carbocycles. The molecule has 0 saturated heterocycles. The van der Waals surface area contributed by atoms with Gasteiger partial charge >= 0.3 is 5.97 Å². The van der Waals surface area contributed by atoms with Gasteiger partial charge in [-0.1, -0.05) is 18.2 Å². The molecular formula is C25H22N4O4. The summed E-state index contributed by atoms with van der Waals surface area (Å²) < 4.78 is 7.62. The van der Waals surface area contributed by atoms with Crippen LogP contribution in [0.4, 0.5) is 5.69 Å². The largest absolute Gasteiger partial charge is 0.478 e. The number of hydrogen-bond acceptors (Lipinski definition) is 5. The van der Waals surface area contributed by atoms with Gasteiger partial charge in [0.15, 0.2) is 0 Å². The third kappa shape index (κ3) is 4.31. The summed E-state index contributed by atoms with van der Waals surface area (Å²) in [5.41, 5.74) is 3.08. The maximum Gasteiger partial charge on any atom is 0.335 e. The summed E-state index contributed by atoms with van der Waals surface area (Å²) in [6.45, 7) is 3.76. The molecule has 8 nitrogen and oxygen atoms in total. The standard InChI is InChI=1S/C25H22N4O4/c1-4-6-16(5-2)23-21(13-20-11-12-22(33-20)18-14-26-28(3)15-18)24(30)29(27-23)19-9-7-17(8-10-19)25(31)32/h4-15H,1-3H3,(H,31,32)/b6-4-,16-5+,21-13-. The molecule has 1 aromatic carbocycles. The summed E-state index contributed by atoms with van der Waals surface area (Å²) in [4.78, 5) is 24.5. The number of nitrogens with zero attached hydrogens (tertiary/aromatic N) is 4. The summed E-state index contributed by atoms with van der Waals surface area (Å²) in [5.74, 6) is -0.231. The molecule has 2 aromatic heterocycles. The Morgan fingerprint density at radius 1 is 1.12 bits per heavy atom. The number of hydrazone groups is 1. The van der Waals surface area contributed by atoms with Crippen molar-refractivity contribution in [3.05, 3.63) is 89.5 Å². The second-order valence-electron chi connectivity index (χ2n) is 7.32. The second kappa shape index (κ2) is 8.96. The Bertz CT molecular complexity index is 1340. The van der Waals surface area contributed by atoms with E-state index in [1.807, 2.05) is 51.4 Å². The Labute approximate surface area is 190 Å². The maximum absolute atomic E-state index is 13.4. The number of carbonyl (C=O) groups excluding carboxylic acids is 1. The average molecular weight is 442 g/mol. The third-order valence-electron chi connectivity index (χ3n) is 5.07. The first-order valence-electron chi connectivity index (χ1n) is 10.3. The van der Waals surface area contributed by atoms with E-state index in [-0.39, 0.29) is 11.5 Å². The van der Waals surface area contributed by atoms with Crippen molar-refractivity contribution in [2.45, 2.75) is 13.8 Å². The van der Waals surface area contributed by atoms with Crippen LogP contribution >= 0.6 is 0 Å². The van der Waals surface area contributed by atoms with E-state index < -0.39 is 5.97 Å². The fraction of sp³-hybridized carbons (Fsp3) is 0.120. The molecule has 8 heteroatoms. The summed E-state index contributed by atoms with van der Waals surface area (Å²) in [6, 6.07) is 9.61. The van der Waals surface area contributed by atoms with Crippen LogP contribution in [0.3, 0.4) is 0 Å². The van der Waals surface area contributed by atoms with Crippen molar-refractivity contribution in [3.63, 3.8) is 0 Å². The minimum atomic E-state index is -1.04. The van der Waals surface area contributed by atoms with Gasteiger partial charge in [-0.05, 0) is 61.9 Å². The van der Waals surface area contributed by atoms with Crippen LogP contribution in [-0.2, 0) is 11.8 Å². The number of anilines is 1. The molecule has 3 heterocycles. The van der Waals surface area contributed by atoms with E-state index in [0.29, 0.717) is 28.5 Å². The van der Waals surface area contributed by atoms with E-state index in [2.05, 4.69) is 10.2 Å². The number of benzene rings is 1. The Morgan fingerprint density at radius 2 is 1.88 bits per heavy atom. The van der Waals surface area contributed by atoms with Crippen LogP contribution < -0.4 is 5.01 Å². The van der Waals surface area contributed by atoms with Crippen molar-refractivity contribution in [2.24, 2.45) is 12.1 Å². The minimum Gasteiger partial charge on any atom is -0.478 e. The van der Waals surface area contributed by atoms with Gasteiger partial charge in [0.1, 0.15) is 17.2 Å². The molecule has 1 amide bonds. The minimum absolute atomic E-state index is 0.131. The van der Waals surface area contributed by atoms with Gasteiger partial charge in [0, 0.05) is 13.2 Å². The normalized spacial score (nSPS) is 15.7. The van der Waals surface area contributed by atoms with Gasteiger partial charge in [0.25, 0.3) is 5.91 Å². The first-order chi connectivity index (χ1) is 15.9. The number of allylic oxidation sites excluding steroid dienone is 4. The molecular weight excluding hydrogens is 420 g/mol. The quantitative estimate of drug-likeness (QED) is 0.441. The van der Waals surface area contributed by atoms with Crippen LogP contribution in [0.25, 0.3) is 17.4 Å². The number of amides is 1. The molecule has 166 valence electrons. The van der Waals surface area contributed by atoms with Gasteiger partial charge in [-0.25, -0.2) is 4.79 Å². The van der Waals surface area contributed by atoms with E-state index in [1.54, 1.807) is 35.2 Å². The van der Waals surface area contributed by atoms with Crippen molar-refractivity contribution in [2.75, 3.05) is 5.01 Å². The van der Waals surface area contributed by atoms with Crippen molar-refractivity contribution in [1.29, 1.82) is 0 Å². The van der Waals surface area contributed by atoms with Gasteiger partial charge in [0.2, 0.25) is 0 Å². The number of aromatic nitrogens is 2. The van der Waals surface area contributed by atoms with Crippen LogP contribution in [0.2, 0.25) is 0 Å². The smallest absolute Gasteiger partial charge is 0.335 e. The number of furan rings is 1. The van der Waals surface area contributed by atoms with E-state index in [1.165, 1.54) is 17.1 Å². The summed E-state index contributed by atoms with van der Waals surface area (Å²) in [5, 5.41) is 19.1. The van der Waals surface area contributed by atoms with Crippen molar-refractivity contribution in [1.82, 2.24) is 9.78 Å². The molecule has 0 aliphatic carbocycles. The van der Waals surface area contributed by atoms with Gasteiger partial charge in [-0.2, -0.15) is 15.2 Å². The topological polar surface area (TPSA) is 101 Å². The summed E-state index contributed by atoms with van der Waals surface area (Å²) in [6.07, 6.45) is 10.8. The van der Waals surface area contributed by atoms with E-state index in [4.69, 9.17) is 9.52 Å². The molecule has 3 aromatic rings. The number of aryl methyl sites for hydroxylation is 1. The monoisotopic (exact) mass is 442 g/mol. The lowest BCUT2D eigenvalue weighted by molar-refractivity contribution is -0.114. The lowest BCUT2D eigenvalue weighted by Gasteiger charge is -2.11. The van der Waals surface area contributed by atoms with Crippen molar-refractivity contribution in [3.8, 4) is 11.3 Å². The number of carboxylic acid groups (broad SMARTS) is 1. The predicted molar refractivity (Wildman–Crippen MR) is 126 cm³/mol. The van der Waals surface area contributed by atoms with Crippen LogP contribution in [0.5, 0.6) is 0 Å². The van der Waals surface area contributed by atoms with Gasteiger partial charge < -0.3 is 9.52 Å². The average Bonchev–Trinajstić information content (AvgIpc) is 3.52.